The van der Waals surface area contributed by atoms with Gasteiger partial charge >= 0.3 is 23.8 Å². The second-order valence-electron chi connectivity index (χ2n) is 11.0. The predicted octanol–water partition coefficient (Wildman–Crippen LogP) is 2.17. The Hall–Kier alpha value is -3.56. The summed E-state index contributed by atoms with van der Waals surface area (Å²) in [7, 11) is 0. The maximum absolute atomic E-state index is 13.9. The monoisotopic (exact) mass is 659 g/mol. The Morgan fingerprint density at radius 3 is 2.43 bits per heavy atom. The van der Waals surface area contributed by atoms with E-state index in [1.807, 2.05) is 44.2 Å². The lowest BCUT2D eigenvalue weighted by Gasteiger charge is -2.52. The van der Waals surface area contributed by atoms with Gasteiger partial charge in [-0.25, -0.2) is 9.59 Å². The third kappa shape index (κ3) is 5.56. The fraction of sp³-hybridized carbons (Fsp3) is 0.448. The normalized spacial score (nSPS) is 24.8. The van der Waals surface area contributed by atoms with Gasteiger partial charge in [0, 0.05) is 29.3 Å². The summed E-state index contributed by atoms with van der Waals surface area (Å²) in [5, 5.41) is 6.61. The largest absolute Gasteiger partial charge is 0.459 e. The Labute approximate surface area is 267 Å². The van der Waals surface area contributed by atoms with Crippen molar-refractivity contribution in [1.29, 1.82) is 0 Å². The molecule has 1 unspecified atom stereocenters. The zero-order chi connectivity index (χ0) is 31.8. The summed E-state index contributed by atoms with van der Waals surface area (Å²) in [4.78, 5) is 81.8. The molecular formula is C29H33N5O7S3. The number of benzene rings is 1. The molecule has 0 bridgehead atoms. The summed E-state index contributed by atoms with van der Waals surface area (Å²) in [6, 6.07) is 9.61. The Balaban J connectivity index is 1.32. The molecule has 2 aromatic rings. The second-order valence-corrected chi connectivity index (χ2v) is 14.7. The number of hydrogen-bond acceptors (Lipinski definition) is 10. The van der Waals surface area contributed by atoms with Crippen LogP contribution in [-0.2, 0) is 35.3 Å². The summed E-state index contributed by atoms with van der Waals surface area (Å²) < 4.78 is 4.89. The maximum Gasteiger partial charge on any atom is 0.330 e. The van der Waals surface area contributed by atoms with Crippen LogP contribution >= 0.6 is 34.9 Å². The van der Waals surface area contributed by atoms with Crippen molar-refractivity contribution in [2.45, 2.75) is 54.5 Å². The predicted molar refractivity (Wildman–Crippen MR) is 166 cm³/mol. The fourth-order valence-corrected chi connectivity index (χ4v) is 9.10. The number of ether oxygens (including phenoxy) is 1. The molecule has 0 saturated carbocycles. The highest BCUT2D eigenvalue weighted by atomic mass is 32.2. The molecule has 0 aliphatic carbocycles. The van der Waals surface area contributed by atoms with E-state index in [-0.39, 0.29) is 19.7 Å². The Kier molecular flexibility index (Phi) is 9.01. The summed E-state index contributed by atoms with van der Waals surface area (Å²) in [6.45, 7) is 6.03. The van der Waals surface area contributed by atoms with Crippen molar-refractivity contribution in [3.05, 3.63) is 58.3 Å². The van der Waals surface area contributed by atoms with Gasteiger partial charge in [0.25, 0.3) is 5.91 Å². The number of nitrogens with one attached hydrogen (secondary N) is 2. The minimum absolute atomic E-state index is 0.0131. The molecular weight excluding hydrogens is 627 g/mol. The van der Waals surface area contributed by atoms with Crippen LogP contribution < -0.4 is 10.6 Å². The molecule has 3 saturated heterocycles. The van der Waals surface area contributed by atoms with Gasteiger partial charge in [-0.2, -0.15) is 0 Å². The molecule has 3 aliphatic rings. The third-order valence-electron chi connectivity index (χ3n) is 7.88. The molecule has 3 aliphatic heterocycles. The van der Waals surface area contributed by atoms with E-state index < -0.39 is 62.7 Å². The highest BCUT2D eigenvalue weighted by Gasteiger charge is 2.72. The summed E-state index contributed by atoms with van der Waals surface area (Å²) in [6.07, 6.45) is 1.69. The average molecular weight is 660 g/mol. The number of carbonyl (C=O) groups excluding carboxylic acids is 6. The van der Waals surface area contributed by atoms with Gasteiger partial charge in [0.2, 0.25) is 5.91 Å². The first kappa shape index (κ1) is 31.9. The molecule has 6 amide bonds. The SMILES string of the molecule is CCN1CCN(C(=O)NC(C(=O)N[C@]2(SC)C(=O)N3[C@@H](C(=O)OCc4ccccc4)C(C)(C)S[C@@H]32)c2cccs2)C(=O)C1=O. The smallest absolute Gasteiger partial charge is 0.330 e. The van der Waals surface area contributed by atoms with Crippen LogP contribution in [0.1, 0.15) is 37.3 Å². The number of thioether (sulfide) groups is 2. The van der Waals surface area contributed by atoms with Gasteiger partial charge in [0.15, 0.2) is 4.87 Å². The number of likely N-dealkylation sites (N-methyl/N-ethyl adjacent to an activating group) is 1. The minimum atomic E-state index is -1.41. The number of hydrogen-bond donors (Lipinski definition) is 2. The van der Waals surface area contributed by atoms with E-state index in [0.29, 0.717) is 11.4 Å². The van der Waals surface area contributed by atoms with E-state index in [9.17, 15) is 28.8 Å². The minimum Gasteiger partial charge on any atom is -0.459 e. The van der Waals surface area contributed by atoms with Crippen LogP contribution in [0.4, 0.5) is 4.79 Å². The number of nitrogens with zero attached hydrogens (tertiary/aromatic N) is 3. The molecule has 4 heterocycles. The lowest BCUT2D eigenvalue weighted by Crippen LogP contribution is -2.78. The van der Waals surface area contributed by atoms with Crippen molar-refractivity contribution in [1.82, 2.24) is 25.3 Å². The van der Waals surface area contributed by atoms with Gasteiger partial charge in [0.1, 0.15) is 24.1 Å². The van der Waals surface area contributed by atoms with Crippen LogP contribution in [-0.4, -0.2) is 97.3 Å². The van der Waals surface area contributed by atoms with E-state index in [0.717, 1.165) is 22.2 Å². The lowest BCUT2D eigenvalue weighted by molar-refractivity contribution is -0.167. The van der Waals surface area contributed by atoms with Gasteiger partial charge in [-0.05, 0) is 44.0 Å². The lowest BCUT2D eigenvalue weighted by atomic mass is 9.95. The number of thiophene rings is 1. The first-order valence-electron chi connectivity index (χ1n) is 14.0. The molecule has 234 valence electrons. The first-order chi connectivity index (χ1) is 20.9. The molecule has 0 radical (unpaired) electrons. The Morgan fingerprint density at radius 2 is 1.80 bits per heavy atom. The Bertz CT molecular complexity index is 1470. The fourth-order valence-electron chi connectivity index (χ4n) is 5.52. The molecule has 5 rings (SSSR count). The van der Waals surface area contributed by atoms with Crippen LogP contribution in [0.5, 0.6) is 0 Å². The van der Waals surface area contributed by atoms with Crippen LogP contribution in [0.3, 0.4) is 0 Å². The van der Waals surface area contributed by atoms with E-state index in [1.54, 1.807) is 30.7 Å². The van der Waals surface area contributed by atoms with E-state index >= 15 is 0 Å². The third-order valence-corrected chi connectivity index (χ3v) is 11.7. The van der Waals surface area contributed by atoms with E-state index in [1.165, 1.54) is 32.9 Å². The quantitative estimate of drug-likeness (QED) is 0.179. The first-order valence-corrected chi connectivity index (χ1v) is 17.0. The molecule has 44 heavy (non-hydrogen) atoms. The summed E-state index contributed by atoms with van der Waals surface area (Å²) in [5.74, 6) is -3.40. The molecule has 2 N–H and O–H groups in total. The Morgan fingerprint density at radius 1 is 1.07 bits per heavy atom. The van der Waals surface area contributed by atoms with Crippen LogP contribution in [0, 0.1) is 0 Å². The summed E-state index contributed by atoms with van der Waals surface area (Å²) >= 11 is 3.75. The second kappa shape index (κ2) is 12.4. The van der Waals surface area contributed by atoms with E-state index in [4.69, 9.17) is 4.74 Å². The number of β-lactam (4-membered cyclic amide) rings is 1. The van der Waals surface area contributed by atoms with Crippen molar-refractivity contribution in [2.24, 2.45) is 0 Å². The van der Waals surface area contributed by atoms with Crippen molar-refractivity contribution in [2.75, 3.05) is 25.9 Å². The molecule has 15 heteroatoms. The molecule has 3 fully saturated rings. The van der Waals surface area contributed by atoms with Gasteiger partial charge in [-0.3, -0.25) is 24.1 Å². The van der Waals surface area contributed by atoms with Crippen LogP contribution in [0.15, 0.2) is 47.8 Å². The topological polar surface area (TPSA) is 145 Å². The number of amides is 6. The molecule has 1 aromatic carbocycles. The number of piperazine rings is 1. The zero-order valence-electron chi connectivity index (χ0n) is 24.6. The number of imide groups is 1. The van der Waals surface area contributed by atoms with Crippen molar-refractivity contribution < 1.29 is 33.5 Å². The molecule has 4 atom stereocenters. The van der Waals surface area contributed by atoms with Crippen molar-refractivity contribution in [3.63, 3.8) is 0 Å². The number of carbonyl (C=O) groups is 6. The maximum atomic E-state index is 13.9. The molecule has 12 nitrogen and oxygen atoms in total. The van der Waals surface area contributed by atoms with E-state index in [2.05, 4.69) is 10.6 Å². The van der Waals surface area contributed by atoms with Crippen molar-refractivity contribution >= 4 is 70.5 Å². The van der Waals surface area contributed by atoms with Gasteiger partial charge in [0.05, 0.1) is 0 Å². The number of rotatable bonds is 9. The number of esters is 1. The molecule has 0 spiro atoms. The number of fused-ring (bicyclic) bond motifs is 1. The zero-order valence-corrected chi connectivity index (χ0v) is 27.1. The van der Waals surface area contributed by atoms with Crippen molar-refractivity contribution in [3.8, 4) is 0 Å². The van der Waals surface area contributed by atoms with Gasteiger partial charge in [-0.15, -0.1) is 34.9 Å². The van der Waals surface area contributed by atoms with Gasteiger partial charge < -0.3 is 25.2 Å². The van der Waals surface area contributed by atoms with Crippen LogP contribution in [0.25, 0.3) is 0 Å². The highest BCUT2D eigenvalue weighted by Crippen LogP contribution is 2.58. The highest BCUT2D eigenvalue weighted by molar-refractivity contribution is 8.05. The number of urea groups is 1. The van der Waals surface area contributed by atoms with Crippen LogP contribution in [0.2, 0.25) is 0 Å². The standard InChI is InChI=1S/C29H33N5O7S3/c1-5-32-13-14-33(23(37)22(32)36)27(40)30-19(18-12-9-15-43-18)21(35)31-29(42-4)25(39)34-20(28(2,3)44-26(29)34)24(38)41-16-17-10-7-6-8-11-17/h6-12,15,19-20,26H,5,13-14,16H2,1-4H3,(H,30,40)(H,31,35)/t19?,20-,26+,29-/m0/s1. The van der Waals surface area contributed by atoms with Gasteiger partial charge in [-0.1, -0.05) is 36.4 Å². The average Bonchev–Trinajstić information content (AvgIpc) is 3.64. The summed E-state index contributed by atoms with van der Waals surface area (Å²) in [5.41, 5.74) is 0.821. The molecule has 1 aromatic heterocycles.